The van der Waals surface area contributed by atoms with Crippen LogP contribution in [0.4, 0.5) is 17.1 Å². The second-order valence-electron chi connectivity index (χ2n) is 7.30. The molecule has 0 spiro atoms. The molecule has 1 N–H and O–H groups in total. The number of carbonyl (C=O) groups excluding carboxylic acids is 1. The Morgan fingerprint density at radius 3 is 2.12 bits per heavy atom. The van der Waals surface area contributed by atoms with Gasteiger partial charge in [0.05, 0.1) is 16.9 Å². The van der Waals surface area contributed by atoms with Gasteiger partial charge in [0.15, 0.2) is 0 Å². The number of nitrogens with zero attached hydrogens (tertiary/aromatic N) is 1. The Bertz CT molecular complexity index is 1310. The maximum atomic E-state index is 13.0. The van der Waals surface area contributed by atoms with E-state index in [2.05, 4.69) is 5.32 Å². The highest BCUT2D eigenvalue weighted by atomic mass is 32.2. The molecule has 4 aromatic carbocycles. The van der Waals surface area contributed by atoms with Gasteiger partial charge in [-0.2, -0.15) is 0 Å². The molecule has 0 aromatic heterocycles. The lowest BCUT2D eigenvalue weighted by Gasteiger charge is -2.21. The van der Waals surface area contributed by atoms with E-state index in [1.54, 1.807) is 42.5 Å². The highest BCUT2D eigenvalue weighted by Gasteiger charge is 2.20. The summed E-state index contributed by atoms with van der Waals surface area (Å²) in [5.74, 6) is -0.384. The summed E-state index contributed by atoms with van der Waals surface area (Å²) >= 11 is 0. The van der Waals surface area contributed by atoms with Crippen molar-refractivity contribution >= 4 is 33.9 Å². The molecule has 0 heterocycles. The fourth-order valence-corrected chi connectivity index (χ4v) is 4.12. The van der Waals surface area contributed by atoms with Crippen molar-refractivity contribution in [3.63, 3.8) is 0 Å². The Morgan fingerprint density at radius 2 is 1.41 bits per heavy atom. The van der Waals surface area contributed by atoms with Gasteiger partial charge in [0.25, 0.3) is 5.91 Å². The van der Waals surface area contributed by atoms with Gasteiger partial charge in [-0.25, -0.2) is 12.7 Å². The zero-order valence-electron chi connectivity index (χ0n) is 17.4. The Morgan fingerprint density at radius 1 is 0.750 bits per heavy atom. The number of carbonyl (C=O) groups is 1. The van der Waals surface area contributed by atoms with Crippen molar-refractivity contribution in [2.75, 3.05) is 9.62 Å². The van der Waals surface area contributed by atoms with Gasteiger partial charge < -0.3 is 5.32 Å². The number of anilines is 3. The molecule has 0 atom stereocenters. The molecule has 6 heteroatoms. The third kappa shape index (κ3) is 4.71. The molecule has 4 rings (SSSR count). The third-order valence-electron chi connectivity index (χ3n) is 5.05. The van der Waals surface area contributed by atoms with Crippen LogP contribution in [0, 0.1) is 6.92 Å². The quantitative estimate of drug-likeness (QED) is 0.383. The molecule has 0 aliphatic rings. The van der Waals surface area contributed by atoms with Gasteiger partial charge in [0.2, 0.25) is 10.9 Å². The fraction of sp³-hybridized carbons (Fsp3) is 0.0385. The smallest absolute Gasteiger partial charge is 0.257 e. The molecular weight excluding hydrogens is 420 g/mol. The first-order chi connectivity index (χ1) is 15.5. The van der Waals surface area contributed by atoms with Crippen LogP contribution in [0.15, 0.2) is 103 Å². The summed E-state index contributed by atoms with van der Waals surface area (Å²) in [6, 6.07) is 31.0. The van der Waals surface area contributed by atoms with E-state index >= 15 is 0 Å². The van der Waals surface area contributed by atoms with Gasteiger partial charge in [-0.1, -0.05) is 72.3 Å². The fourth-order valence-electron chi connectivity index (χ4n) is 3.45. The van der Waals surface area contributed by atoms with E-state index in [1.165, 1.54) is 4.31 Å². The molecule has 1 amide bonds. The number of amides is 1. The first-order valence-electron chi connectivity index (χ1n) is 10.1. The average molecular weight is 443 g/mol. The van der Waals surface area contributed by atoms with Crippen LogP contribution in [0.2, 0.25) is 0 Å². The number of hydrogen-bond donors (Lipinski definition) is 2. The molecule has 160 valence electrons. The summed E-state index contributed by atoms with van der Waals surface area (Å²) < 4.78 is 25.9. The minimum absolute atomic E-state index is 0.261. The first kappa shape index (κ1) is 21.3. The van der Waals surface area contributed by atoms with Crippen molar-refractivity contribution < 1.29 is 13.2 Å². The van der Waals surface area contributed by atoms with Crippen LogP contribution in [0.1, 0.15) is 15.9 Å². The molecule has 0 bridgehead atoms. The molecule has 0 unspecified atom stereocenters. The summed E-state index contributed by atoms with van der Waals surface area (Å²) in [7, 11) is -3.05. The van der Waals surface area contributed by atoms with Gasteiger partial charge >= 0.3 is 0 Å². The predicted octanol–water partition coefficient (Wildman–Crippen LogP) is 5.58. The number of thiol groups is 1. The van der Waals surface area contributed by atoms with E-state index in [0.717, 1.165) is 16.7 Å². The van der Waals surface area contributed by atoms with Crippen molar-refractivity contribution in [1.82, 2.24) is 0 Å². The van der Waals surface area contributed by atoms with Gasteiger partial charge in [0, 0.05) is 5.69 Å². The molecule has 5 nitrogen and oxygen atoms in total. The van der Waals surface area contributed by atoms with Crippen molar-refractivity contribution in [2.24, 2.45) is 0 Å². The van der Waals surface area contributed by atoms with Crippen molar-refractivity contribution in [3.05, 3.63) is 114 Å². The zero-order valence-corrected chi connectivity index (χ0v) is 18.3. The number of hydrogen-bond acceptors (Lipinski definition) is 3. The summed E-state index contributed by atoms with van der Waals surface area (Å²) in [4.78, 5) is 13.0. The van der Waals surface area contributed by atoms with E-state index in [-0.39, 0.29) is 11.5 Å². The maximum Gasteiger partial charge on any atom is 0.257 e. The Balaban J connectivity index is 1.73. The van der Waals surface area contributed by atoms with Gasteiger partial charge in [-0.3, -0.25) is 4.79 Å². The first-order valence-corrected chi connectivity index (χ1v) is 11.2. The second kappa shape index (κ2) is 9.49. The molecular formula is C26H22N2O3S. The van der Waals surface area contributed by atoms with Crippen LogP contribution < -0.4 is 9.62 Å². The SMILES string of the molecule is Cc1ccc(NC(=O)c2ccccc2N(c2cccc(-c3ccccc3)c2)[SH](=O)=O)cc1. The monoisotopic (exact) mass is 442 g/mol. The van der Waals surface area contributed by atoms with E-state index < -0.39 is 10.9 Å². The molecule has 0 saturated heterocycles. The lowest BCUT2D eigenvalue weighted by molar-refractivity contribution is 0.102. The summed E-state index contributed by atoms with van der Waals surface area (Å²) in [5, 5.41) is 2.85. The van der Waals surface area contributed by atoms with Crippen LogP contribution in [-0.4, -0.2) is 14.3 Å². The van der Waals surface area contributed by atoms with E-state index in [9.17, 15) is 13.2 Å². The lowest BCUT2D eigenvalue weighted by atomic mass is 10.0. The van der Waals surface area contributed by atoms with Gasteiger partial charge in [0.1, 0.15) is 0 Å². The van der Waals surface area contributed by atoms with Crippen LogP contribution >= 0.6 is 0 Å². The maximum absolute atomic E-state index is 13.0. The lowest BCUT2D eigenvalue weighted by Crippen LogP contribution is -2.20. The Hall–Kier alpha value is -3.90. The molecule has 0 radical (unpaired) electrons. The van der Waals surface area contributed by atoms with Gasteiger partial charge in [-0.05, 0) is 54.4 Å². The van der Waals surface area contributed by atoms with E-state index in [4.69, 9.17) is 0 Å². The van der Waals surface area contributed by atoms with Crippen LogP contribution in [0.5, 0.6) is 0 Å². The minimum Gasteiger partial charge on any atom is -0.322 e. The standard InChI is InChI=1S/C26H22N2O3S/c1-19-14-16-22(17-15-19)27-26(29)24-12-5-6-13-25(24)28(32(30)31)23-11-7-10-21(18-23)20-8-3-2-4-9-20/h2-18,32H,1H3,(H,27,29). The van der Waals surface area contributed by atoms with Crippen LogP contribution in [0.25, 0.3) is 11.1 Å². The molecule has 0 aliphatic heterocycles. The Kier molecular flexibility index (Phi) is 6.33. The van der Waals surface area contributed by atoms with Crippen molar-refractivity contribution in [3.8, 4) is 11.1 Å². The number of nitrogens with one attached hydrogen (secondary N) is 1. The van der Waals surface area contributed by atoms with Gasteiger partial charge in [-0.15, -0.1) is 0 Å². The van der Waals surface area contributed by atoms with Crippen LogP contribution in [0.3, 0.4) is 0 Å². The summed E-state index contributed by atoms with van der Waals surface area (Å²) in [6.45, 7) is 1.97. The molecule has 32 heavy (non-hydrogen) atoms. The van der Waals surface area contributed by atoms with E-state index in [0.29, 0.717) is 17.1 Å². The number of para-hydroxylation sites is 1. The molecule has 0 aliphatic carbocycles. The third-order valence-corrected chi connectivity index (χ3v) is 5.82. The number of rotatable bonds is 6. The minimum atomic E-state index is -3.05. The topological polar surface area (TPSA) is 66.5 Å². The van der Waals surface area contributed by atoms with E-state index in [1.807, 2.05) is 67.6 Å². The summed E-state index contributed by atoms with van der Waals surface area (Å²) in [5.41, 5.74) is 4.58. The highest BCUT2D eigenvalue weighted by Crippen LogP contribution is 2.32. The second-order valence-corrected chi connectivity index (χ2v) is 8.18. The molecule has 4 aromatic rings. The molecule has 0 saturated carbocycles. The predicted molar refractivity (Wildman–Crippen MR) is 130 cm³/mol. The molecule has 0 fully saturated rings. The van der Waals surface area contributed by atoms with Crippen LogP contribution in [-0.2, 0) is 10.9 Å². The highest BCUT2D eigenvalue weighted by molar-refractivity contribution is 7.74. The Labute approximate surface area is 189 Å². The normalized spacial score (nSPS) is 10.7. The zero-order chi connectivity index (χ0) is 22.5. The van der Waals surface area contributed by atoms with Crippen molar-refractivity contribution in [1.29, 1.82) is 0 Å². The number of aryl methyl sites for hydroxylation is 1. The summed E-state index contributed by atoms with van der Waals surface area (Å²) in [6.07, 6.45) is 0. The largest absolute Gasteiger partial charge is 0.322 e. The van der Waals surface area contributed by atoms with Crippen molar-refractivity contribution in [2.45, 2.75) is 6.92 Å². The average Bonchev–Trinajstić information content (AvgIpc) is 2.81. The number of benzene rings is 4.